The van der Waals surface area contributed by atoms with Crippen molar-refractivity contribution in [3.05, 3.63) is 65.5 Å². The van der Waals surface area contributed by atoms with Crippen LogP contribution in [-0.4, -0.2) is 15.0 Å². The van der Waals surface area contributed by atoms with Crippen molar-refractivity contribution in [3.63, 3.8) is 0 Å². The number of benzene rings is 1. The molecule has 1 aromatic carbocycles. The summed E-state index contributed by atoms with van der Waals surface area (Å²) >= 11 is 1.65. The Labute approximate surface area is 109 Å². The molecule has 0 atom stereocenters. The summed E-state index contributed by atoms with van der Waals surface area (Å²) in [6, 6.07) is 12.0. The molecule has 0 radical (unpaired) electrons. The molecule has 0 aliphatic carbocycles. The molecule has 0 N–H and O–H groups in total. The Kier molecular flexibility index (Phi) is 2.78. The third-order valence-electron chi connectivity index (χ3n) is 2.69. The Morgan fingerprint density at radius 3 is 2.72 bits per heavy atom. The molecule has 2 heterocycles. The number of hydrogen-bond donors (Lipinski definition) is 0. The topological polar surface area (TPSA) is 30.7 Å². The zero-order chi connectivity index (χ0) is 12.4. The van der Waals surface area contributed by atoms with Gasteiger partial charge in [-0.25, -0.2) is 4.68 Å². The fraction of sp³-hybridized carbons (Fsp3) is 0. The molecule has 0 saturated heterocycles. The van der Waals surface area contributed by atoms with Gasteiger partial charge in [-0.05, 0) is 17.0 Å². The monoisotopic (exact) mass is 253 g/mol. The minimum absolute atomic E-state index is 0.824. The van der Waals surface area contributed by atoms with Crippen LogP contribution in [0.25, 0.3) is 17.0 Å². The highest BCUT2D eigenvalue weighted by molar-refractivity contribution is 7.08. The van der Waals surface area contributed by atoms with Crippen molar-refractivity contribution in [3.8, 4) is 11.3 Å². The van der Waals surface area contributed by atoms with Crippen LogP contribution in [0.15, 0.2) is 59.9 Å². The van der Waals surface area contributed by atoms with Crippen molar-refractivity contribution in [1.29, 1.82) is 0 Å². The van der Waals surface area contributed by atoms with Crippen LogP contribution in [0.2, 0.25) is 0 Å². The number of hydrogen-bond acceptors (Lipinski definition) is 3. The summed E-state index contributed by atoms with van der Waals surface area (Å²) in [6.07, 6.45) is 1.90. The summed E-state index contributed by atoms with van der Waals surface area (Å²) in [6.45, 7) is 4.05. The number of rotatable bonds is 3. The molecular weight excluding hydrogens is 242 g/mol. The number of nitrogens with zero attached hydrogens (tertiary/aromatic N) is 3. The van der Waals surface area contributed by atoms with Gasteiger partial charge >= 0.3 is 0 Å². The molecule has 0 bridgehead atoms. The quantitative estimate of drug-likeness (QED) is 0.715. The molecule has 18 heavy (non-hydrogen) atoms. The Morgan fingerprint density at radius 2 is 2.00 bits per heavy atom. The van der Waals surface area contributed by atoms with Crippen LogP contribution < -0.4 is 0 Å². The van der Waals surface area contributed by atoms with E-state index >= 15 is 0 Å². The molecule has 0 saturated carbocycles. The maximum Gasteiger partial charge on any atom is 0.114 e. The lowest BCUT2D eigenvalue weighted by atomic mass is 10.2. The maximum absolute atomic E-state index is 4.16. The third kappa shape index (κ3) is 1.98. The van der Waals surface area contributed by atoms with Gasteiger partial charge in [0, 0.05) is 10.9 Å². The molecule has 2 aromatic heterocycles. The van der Waals surface area contributed by atoms with Gasteiger partial charge < -0.3 is 0 Å². The molecule has 0 unspecified atom stereocenters. The highest BCUT2D eigenvalue weighted by Gasteiger charge is 2.07. The fourth-order valence-corrected chi connectivity index (χ4v) is 2.35. The van der Waals surface area contributed by atoms with Crippen LogP contribution in [0.4, 0.5) is 0 Å². The second-order valence-corrected chi connectivity index (χ2v) is 4.65. The van der Waals surface area contributed by atoms with E-state index in [0.717, 1.165) is 22.5 Å². The van der Waals surface area contributed by atoms with E-state index in [2.05, 4.69) is 22.3 Å². The number of thiophene rings is 1. The molecule has 88 valence electrons. The van der Waals surface area contributed by atoms with Crippen LogP contribution >= 0.6 is 11.3 Å². The van der Waals surface area contributed by atoms with Crippen LogP contribution in [0.1, 0.15) is 5.56 Å². The Balaban J connectivity index is 1.93. The van der Waals surface area contributed by atoms with Crippen molar-refractivity contribution in [2.24, 2.45) is 0 Å². The third-order valence-corrected chi connectivity index (χ3v) is 3.38. The Morgan fingerprint density at radius 1 is 1.17 bits per heavy atom. The van der Waals surface area contributed by atoms with Gasteiger partial charge in [0.25, 0.3) is 0 Å². The van der Waals surface area contributed by atoms with Crippen molar-refractivity contribution in [2.45, 2.75) is 0 Å². The van der Waals surface area contributed by atoms with Crippen LogP contribution in [0.5, 0.6) is 0 Å². The first-order chi connectivity index (χ1) is 8.84. The largest absolute Gasteiger partial charge is 0.220 e. The molecule has 0 aliphatic heterocycles. The summed E-state index contributed by atoms with van der Waals surface area (Å²) in [5, 5.41) is 12.4. The molecule has 0 fully saturated rings. The highest BCUT2D eigenvalue weighted by atomic mass is 32.1. The van der Waals surface area contributed by atoms with E-state index in [1.54, 1.807) is 16.0 Å². The minimum atomic E-state index is 0.824. The van der Waals surface area contributed by atoms with Crippen molar-refractivity contribution in [2.75, 3.05) is 0 Å². The van der Waals surface area contributed by atoms with Gasteiger partial charge in [-0.15, -0.1) is 5.10 Å². The lowest BCUT2D eigenvalue weighted by molar-refractivity contribution is 0.823. The van der Waals surface area contributed by atoms with Crippen molar-refractivity contribution >= 4 is 17.0 Å². The number of aromatic nitrogens is 3. The first-order valence-electron chi connectivity index (χ1n) is 5.54. The van der Waals surface area contributed by atoms with Crippen LogP contribution in [-0.2, 0) is 0 Å². The highest BCUT2D eigenvalue weighted by Crippen LogP contribution is 2.21. The molecule has 3 aromatic rings. The summed E-state index contributed by atoms with van der Waals surface area (Å²) in [4.78, 5) is 0. The predicted octanol–water partition coefficient (Wildman–Crippen LogP) is 3.53. The van der Waals surface area contributed by atoms with Gasteiger partial charge in [0.15, 0.2) is 0 Å². The predicted molar refractivity (Wildman–Crippen MR) is 74.2 cm³/mol. The zero-order valence-electron chi connectivity index (χ0n) is 9.65. The normalized spacial score (nSPS) is 10.4. The summed E-state index contributed by atoms with van der Waals surface area (Å²) < 4.78 is 1.71. The SMILES string of the molecule is C=C(c1ccccc1)n1cc(-c2ccsc2)nn1. The van der Waals surface area contributed by atoms with Gasteiger partial charge in [0.05, 0.1) is 11.9 Å². The molecule has 3 nitrogen and oxygen atoms in total. The van der Waals surface area contributed by atoms with Gasteiger partial charge in [0.2, 0.25) is 0 Å². The van der Waals surface area contributed by atoms with E-state index in [4.69, 9.17) is 0 Å². The first kappa shape index (κ1) is 10.9. The van der Waals surface area contributed by atoms with E-state index in [9.17, 15) is 0 Å². The van der Waals surface area contributed by atoms with Gasteiger partial charge in [-0.2, -0.15) is 11.3 Å². The summed E-state index contributed by atoms with van der Waals surface area (Å²) in [5.74, 6) is 0. The van der Waals surface area contributed by atoms with Crippen molar-refractivity contribution < 1.29 is 0 Å². The molecular formula is C14H11N3S. The smallest absolute Gasteiger partial charge is 0.114 e. The van der Waals surface area contributed by atoms with Gasteiger partial charge in [-0.1, -0.05) is 42.1 Å². The Bertz CT molecular complexity index is 653. The van der Waals surface area contributed by atoms with E-state index in [1.165, 1.54) is 0 Å². The standard InChI is InChI=1S/C14H11N3S/c1-11(12-5-3-2-4-6-12)17-9-14(15-16-17)13-7-8-18-10-13/h2-10H,1H2. The first-order valence-corrected chi connectivity index (χ1v) is 6.48. The Hall–Kier alpha value is -2.20. The lowest BCUT2D eigenvalue weighted by Crippen LogP contribution is -1.97. The molecule has 0 spiro atoms. The van der Waals surface area contributed by atoms with E-state index in [1.807, 2.05) is 48.0 Å². The summed E-state index contributed by atoms with van der Waals surface area (Å²) in [5.41, 5.74) is 3.82. The average Bonchev–Trinajstić information content (AvgIpc) is 3.09. The van der Waals surface area contributed by atoms with E-state index in [0.29, 0.717) is 0 Å². The van der Waals surface area contributed by atoms with Gasteiger partial charge in [-0.3, -0.25) is 0 Å². The molecule has 0 amide bonds. The summed E-state index contributed by atoms with van der Waals surface area (Å²) in [7, 11) is 0. The second-order valence-electron chi connectivity index (χ2n) is 3.87. The fourth-order valence-electron chi connectivity index (χ4n) is 1.70. The minimum Gasteiger partial charge on any atom is -0.220 e. The average molecular weight is 253 g/mol. The van der Waals surface area contributed by atoms with Crippen molar-refractivity contribution in [1.82, 2.24) is 15.0 Å². The molecule has 3 rings (SSSR count). The zero-order valence-corrected chi connectivity index (χ0v) is 10.5. The lowest BCUT2D eigenvalue weighted by Gasteiger charge is -2.03. The maximum atomic E-state index is 4.16. The molecule has 4 heteroatoms. The van der Waals surface area contributed by atoms with E-state index < -0.39 is 0 Å². The van der Waals surface area contributed by atoms with Crippen LogP contribution in [0.3, 0.4) is 0 Å². The second kappa shape index (κ2) is 4.58. The van der Waals surface area contributed by atoms with Crippen LogP contribution in [0, 0.1) is 0 Å². The van der Waals surface area contributed by atoms with E-state index in [-0.39, 0.29) is 0 Å². The molecule has 0 aliphatic rings. The van der Waals surface area contributed by atoms with Gasteiger partial charge in [0.1, 0.15) is 5.69 Å².